The summed E-state index contributed by atoms with van der Waals surface area (Å²) in [6.07, 6.45) is 3.64. The zero-order valence-electron chi connectivity index (χ0n) is 15.8. The second-order valence-corrected chi connectivity index (χ2v) is 7.31. The maximum absolute atomic E-state index is 12.7. The number of hydrogen-bond donors (Lipinski definition) is 2. The molecule has 0 bridgehead atoms. The Hall–Kier alpha value is -2.15. The Morgan fingerprint density at radius 1 is 1.27 bits per heavy atom. The molecule has 7 nitrogen and oxygen atoms in total. The summed E-state index contributed by atoms with van der Waals surface area (Å²) in [6, 6.07) is 0.148. The van der Waals surface area contributed by atoms with Crippen molar-refractivity contribution in [2.45, 2.75) is 58.7 Å². The Morgan fingerprint density at radius 2 is 2.00 bits per heavy atom. The summed E-state index contributed by atoms with van der Waals surface area (Å²) >= 11 is 0. The highest BCUT2D eigenvalue weighted by Crippen LogP contribution is 2.18. The van der Waals surface area contributed by atoms with Crippen LogP contribution >= 0.6 is 0 Å². The number of ketones is 1. The minimum atomic E-state index is -0.723. The van der Waals surface area contributed by atoms with Crippen molar-refractivity contribution in [1.82, 2.24) is 10.6 Å². The monoisotopic (exact) mass is 364 g/mol. The van der Waals surface area contributed by atoms with E-state index in [1.54, 1.807) is 6.92 Å². The number of nitrogens with one attached hydrogen (secondary N) is 2. The van der Waals surface area contributed by atoms with Crippen LogP contribution in [0.2, 0.25) is 0 Å². The molecule has 1 fully saturated rings. The molecular formula is C19H28N2O5. The third-order valence-electron chi connectivity index (χ3n) is 5.06. The summed E-state index contributed by atoms with van der Waals surface area (Å²) in [7, 11) is 0. The lowest BCUT2D eigenvalue weighted by Crippen LogP contribution is -2.53. The van der Waals surface area contributed by atoms with Gasteiger partial charge in [-0.2, -0.15) is 0 Å². The first-order chi connectivity index (χ1) is 12.3. The minimum absolute atomic E-state index is 0.00252. The van der Waals surface area contributed by atoms with Gasteiger partial charge in [0.15, 0.2) is 5.78 Å². The van der Waals surface area contributed by atoms with Gasteiger partial charge in [0.25, 0.3) is 5.91 Å². The van der Waals surface area contributed by atoms with Crippen molar-refractivity contribution < 1.29 is 23.5 Å². The molecule has 0 saturated carbocycles. The fourth-order valence-corrected chi connectivity index (χ4v) is 2.78. The van der Waals surface area contributed by atoms with Crippen molar-refractivity contribution in [3.05, 3.63) is 24.2 Å². The Kier molecular flexibility index (Phi) is 6.97. The standard InChI is InChI=1S/C19H28N2O5/c1-11(2)12(3)5-6-15(20-18(23)14-7-8-25-9-14)19(24)21-17-13(4)26-10-16(17)22/h7-9,11-13,15,17H,5-6,10H2,1-4H3,(H,20,23)(H,21,24)/t12?,13-,15?,17-/m0/s1. The number of carbonyl (C=O) groups excluding carboxylic acids is 3. The van der Waals surface area contributed by atoms with Crippen LogP contribution in [0.1, 0.15) is 50.9 Å². The van der Waals surface area contributed by atoms with Crippen LogP contribution in [0.25, 0.3) is 0 Å². The van der Waals surface area contributed by atoms with Gasteiger partial charge in [-0.1, -0.05) is 20.8 Å². The average Bonchev–Trinajstić information content (AvgIpc) is 3.23. The van der Waals surface area contributed by atoms with Crippen LogP contribution in [0.5, 0.6) is 0 Å². The van der Waals surface area contributed by atoms with E-state index >= 15 is 0 Å². The second kappa shape index (κ2) is 8.98. The van der Waals surface area contributed by atoms with Crippen LogP contribution in [-0.2, 0) is 14.3 Å². The average molecular weight is 364 g/mol. The largest absolute Gasteiger partial charge is 0.472 e. The minimum Gasteiger partial charge on any atom is -0.472 e. The lowest BCUT2D eigenvalue weighted by atomic mass is 9.91. The van der Waals surface area contributed by atoms with E-state index < -0.39 is 12.1 Å². The van der Waals surface area contributed by atoms with Crippen molar-refractivity contribution in [1.29, 1.82) is 0 Å². The van der Waals surface area contributed by atoms with Crippen LogP contribution in [0.3, 0.4) is 0 Å². The molecular weight excluding hydrogens is 336 g/mol. The van der Waals surface area contributed by atoms with E-state index in [2.05, 4.69) is 31.4 Å². The lowest BCUT2D eigenvalue weighted by molar-refractivity contribution is -0.127. The second-order valence-electron chi connectivity index (χ2n) is 7.31. The number of Topliss-reactive ketones (excluding diaryl/α,β-unsaturated/α-hetero) is 1. The van der Waals surface area contributed by atoms with Crippen molar-refractivity contribution in [2.24, 2.45) is 11.8 Å². The van der Waals surface area contributed by atoms with Crippen molar-refractivity contribution in [3.8, 4) is 0 Å². The molecule has 2 heterocycles. The third-order valence-corrected chi connectivity index (χ3v) is 5.06. The molecule has 0 spiro atoms. The normalized spacial score (nSPS) is 22.3. The Labute approximate surface area is 153 Å². The number of carbonyl (C=O) groups is 3. The number of furan rings is 1. The first-order valence-electron chi connectivity index (χ1n) is 9.07. The highest BCUT2D eigenvalue weighted by atomic mass is 16.5. The van der Waals surface area contributed by atoms with Crippen LogP contribution < -0.4 is 10.6 Å². The fourth-order valence-electron chi connectivity index (χ4n) is 2.78. The molecule has 1 aliphatic rings. The zero-order valence-corrected chi connectivity index (χ0v) is 15.8. The number of amides is 2. The van der Waals surface area contributed by atoms with Crippen LogP contribution in [-0.4, -0.2) is 42.4 Å². The molecule has 26 heavy (non-hydrogen) atoms. The molecule has 1 saturated heterocycles. The topological polar surface area (TPSA) is 97.6 Å². The van der Waals surface area contributed by atoms with E-state index in [4.69, 9.17) is 9.15 Å². The Morgan fingerprint density at radius 3 is 2.54 bits per heavy atom. The number of hydrogen-bond acceptors (Lipinski definition) is 5. The molecule has 4 atom stereocenters. The van der Waals surface area contributed by atoms with Crippen LogP contribution in [0, 0.1) is 11.8 Å². The van der Waals surface area contributed by atoms with Gasteiger partial charge in [0.05, 0.1) is 17.9 Å². The van der Waals surface area contributed by atoms with E-state index in [1.165, 1.54) is 18.6 Å². The molecule has 2 rings (SSSR count). The van der Waals surface area contributed by atoms with Gasteiger partial charge in [0.1, 0.15) is 25.0 Å². The van der Waals surface area contributed by atoms with Gasteiger partial charge < -0.3 is 19.8 Å². The van der Waals surface area contributed by atoms with Gasteiger partial charge in [-0.05, 0) is 37.7 Å². The zero-order chi connectivity index (χ0) is 19.3. The van der Waals surface area contributed by atoms with Gasteiger partial charge in [-0.25, -0.2) is 0 Å². The molecule has 1 aliphatic heterocycles. The van der Waals surface area contributed by atoms with Gasteiger partial charge in [-0.15, -0.1) is 0 Å². The summed E-state index contributed by atoms with van der Waals surface area (Å²) in [5, 5.41) is 5.48. The lowest BCUT2D eigenvalue weighted by Gasteiger charge is -2.23. The first kappa shape index (κ1) is 20.2. The fraction of sp³-hybridized carbons (Fsp3) is 0.632. The maximum Gasteiger partial charge on any atom is 0.255 e. The summed E-state index contributed by atoms with van der Waals surface area (Å²) in [5.74, 6) is -0.00688. The highest BCUT2D eigenvalue weighted by molar-refractivity contribution is 5.98. The highest BCUT2D eigenvalue weighted by Gasteiger charge is 2.35. The van der Waals surface area contributed by atoms with Crippen molar-refractivity contribution >= 4 is 17.6 Å². The molecule has 7 heteroatoms. The molecule has 0 aliphatic carbocycles. The number of ether oxygens (including phenoxy) is 1. The molecule has 0 radical (unpaired) electrons. The van der Waals surface area contributed by atoms with E-state index in [0.717, 1.165) is 6.42 Å². The summed E-state index contributed by atoms with van der Waals surface area (Å²) < 4.78 is 10.2. The van der Waals surface area contributed by atoms with Crippen molar-refractivity contribution in [2.75, 3.05) is 6.61 Å². The quantitative estimate of drug-likeness (QED) is 0.734. The van der Waals surface area contributed by atoms with E-state index in [-0.39, 0.29) is 30.3 Å². The SMILES string of the molecule is CC(C)C(C)CCC(NC(=O)c1ccoc1)C(=O)N[C@@H]1C(=O)CO[C@H]1C. The molecule has 1 aromatic heterocycles. The van der Waals surface area contributed by atoms with E-state index in [9.17, 15) is 14.4 Å². The smallest absolute Gasteiger partial charge is 0.255 e. The van der Waals surface area contributed by atoms with Gasteiger partial charge in [0.2, 0.25) is 5.91 Å². The van der Waals surface area contributed by atoms with E-state index in [1.807, 2.05) is 0 Å². The molecule has 1 aromatic rings. The number of rotatable bonds is 8. The van der Waals surface area contributed by atoms with E-state index in [0.29, 0.717) is 23.8 Å². The summed E-state index contributed by atoms with van der Waals surface area (Å²) in [4.78, 5) is 36.9. The Balaban J connectivity index is 2.04. The molecule has 2 N–H and O–H groups in total. The van der Waals surface area contributed by atoms with Gasteiger partial charge >= 0.3 is 0 Å². The molecule has 2 unspecified atom stereocenters. The van der Waals surface area contributed by atoms with Crippen LogP contribution in [0.4, 0.5) is 0 Å². The summed E-state index contributed by atoms with van der Waals surface area (Å²) in [6.45, 7) is 8.12. The maximum atomic E-state index is 12.7. The van der Waals surface area contributed by atoms with Gasteiger partial charge in [0, 0.05) is 0 Å². The predicted octanol–water partition coefficient (Wildman–Crippen LogP) is 1.92. The summed E-state index contributed by atoms with van der Waals surface area (Å²) in [5.41, 5.74) is 0.355. The molecule has 0 aromatic carbocycles. The molecule has 2 amide bonds. The Bertz CT molecular complexity index is 626. The first-order valence-corrected chi connectivity index (χ1v) is 9.07. The third kappa shape index (κ3) is 5.17. The van der Waals surface area contributed by atoms with Crippen molar-refractivity contribution in [3.63, 3.8) is 0 Å². The molecule has 144 valence electrons. The van der Waals surface area contributed by atoms with Gasteiger partial charge in [-0.3, -0.25) is 14.4 Å². The van der Waals surface area contributed by atoms with Crippen LogP contribution in [0.15, 0.2) is 23.0 Å². The predicted molar refractivity (Wildman–Crippen MR) is 95.5 cm³/mol.